The van der Waals surface area contributed by atoms with Crippen LogP contribution in [0, 0.1) is 5.41 Å². The fourth-order valence-corrected chi connectivity index (χ4v) is 5.36. The van der Waals surface area contributed by atoms with E-state index in [1.165, 1.54) is 41.5 Å². The second-order valence-corrected chi connectivity index (χ2v) is 8.17. The number of aromatic nitrogens is 1. The van der Waals surface area contributed by atoms with Crippen LogP contribution in [0.5, 0.6) is 5.75 Å². The van der Waals surface area contributed by atoms with E-state index in [0.717, 1.165) is 31.7 Å². The quantitative estimate of drug-likeness (QED) is 0.680. The molecule has 1 fully saturated rings. The van der Waals surface area contributed by atoms with Gasteiger partial charge >= 0.3 is 0 Å². The standard InChI is InChI=1S/C24H28N2O/c1-2-24(17-27-18-9-4-3-5-10-18)14-8-15-26-16-13-20-19-11-6-7-12-21(19)25-22(20)23(24)26/h3-7,9-12,23,25H,2,8,13-17H2,1H3. The van der Waals surface area contributed by atoms with Gasteiger partial charge in [-0.3, -0.25) is 4.90 Å². The van der Waals surface area contributed by atoms with Gasteiger partial charge in [-0.2, -0.15) is 0 Å². The van der Waals surface area contributed by atoms with Gasteiger partial charge in [0.05, 0.1) is 12.6 Å². The first kappa shape index (κ1) is 16.9. The van der Waals surface area contributed by atoms with Gasteiger partial charge in [0.1, 0.15) is 5.75 Å². The molecule has 2 unspecified atom stereocenters. The predicted molar refractivity (Wildman–Crippen MR) is 110 cm³/mol. The zero-order valence-corrected chi connectivity index (χ0v) is 16.1. The highest BCUT2D eigenvalue weighted by Crippen LogP contribution is 2.51. The van der Waals surface area contributed by atoms with E-state index in [-0.39, 0.29) is 5.41 Å². The van der Waals surface area contributed by atoms with Crippen molar-refractivity contribution in [3.05, 3.63) is 65.9 Å². The van der Waals surface area contributed by atoms with Crippen molar-refractivity contribution in [2.75, 3.05) is 19.7 Å². The van der Waals surface area contributed by atoms with Gasteiger partial charge in [-0.15, -0.1) is 0 Å². The van der Waals surface area contributed by atoms with Crippen molar-refractivity contribution in [2.45, 2.75) is 38.6 Å². The summed E-state index contributed by atoms with van der Waals surface area (Å²) in [5.74, 6) is 0.982. The normalized spacial score (nSPS) is 25.1. The van der Waals surface area contributed by atoms with E-state index in [0.29, 0.717) is 6.04 Å². The van der Waals surface area contributed by atoms with Crippen LogP contribution in [-0.2, 0) is 6.42 Å². The summed E-state index contributed by atoms with van der Waals surface area (Å²) >= 11 is 0. The molecular weight excluding hydrogens is 332 g/mol. The number of piperidine rings is 1. The second-order valence-electron chi connectivity index (χ2n) is 8.17. The molecule has 0 bridgehead atoms. The topological polar surface area (TPSA) is 28.3 Å². The van der Waals surface area contributed by atoms with E-state index in [4.69, 9.17) is 4.74 Å². The fourth-order valence-electron chi connectivity index (χ4n) is 5.36. The summed E-state index contributed by atoms with van der Waals surface area (Å²) in [4.78, 5) is 6.51. The molecule has 1 saturated heterocycles. The maximum atomic E-state index is 6.34. The third kappa shape index (κ3) is 2.76. The third-order valence-electron chi connectivity index (χ3n) is 6.81. The van der Waals surface area contributed by atoms with Crippen LogP contribution in [0.25, 0.3) is 10.9 Å². The molecule has 5 rings (SSSR count). The first-order valence-corrected chi connectivity index (χ1v) is 10.3. The van der Waals surface area contributed by atoms with Gasteiger partial charge in [-0.1, -0.05) is 43.3 Å². The Morgan fingerprint density at radius 3 is 2.74 bits per heavy atom. The molecule has 0 aliphatic carbocycles. The van der Waals surface area contributed by atoms with Gasteiger partial charge in [0, 0.05) is 28.6 Å². The van der Waals surface area contributed by atoms with Gasteiger partial charge < -0.3 is 9.72 Å². The first-order chi connectivity index (χ1) is 13.3. The number of nitrogens with one attached hydrogen (secondary N) is 1. The van der Waals surface area contributed by atoms with Crippen LogP contribution in [0.4, 0.5) is 0 Å². The Morgan fingerprint density at radius 1 is 1.07 bits per heavy atom. The number of aromatic amines is 1. The summed E-state index contributed by atoms with van der Waals surface area (Å²) in [6.07, 6.45) is 4.77. The van der Waals surface area contributed by atoms with E-state index < -0.39 is 0 Å². The van der Waals surface area contributed by atoms with Gasteiger partial charge in [-0.05, 0) is 56.0 Å². The van der Waals surface area contributed by atoms with Crippen LogP contribution < -0.4 is 4.74 Å². The molecule has 0 saturated carbocycles. The lowest BCUT2D eigenvalue weighted by Crippen LogP contribution is -2.51. The summed E-state index contributed by atoms with van der Waals surface area (Å²) in [5, 5.41) is 1.41. The molecule has 3 heteroatoms. The van der Waals surface area contributed by atoms with E-state index in [9.17, 15) is 0 Å². The molecule has 0 radical (unpaired) electrons. The van der Waals surface area contributed by atoms with E-state index in [2.05, 4.69) is 65.3 Å². The van der Waals surface area contributed by atoms with Gasteiger partial charge in [-0.25, -0.2) is 0 Å². The first-order valence-electron chi connectivity index (χ1n) is 10.3. The Hall–Kier alpha value is -2.26. The molecule has 2 aliphatic rings. The van der Waals surface area contributed by atoms with Crippen molar-refractivity contribution in [3.8, 4) is 5.75 Å². The molecule has 2 atom stereocenters. The monoisotopic (exact) mass is 360 g/mol. The maximum absolute atomic E-state index is 6.34. The van der Waals surface area contributed by atoms with Crippen LogP contribution in [-0.4, -0.2) is 29.6 Å². The lowest BCUT2D eigenvalue weighted by molar-refractivity contribution is -0.0311. The zero-order chi connectivity index (χ0) is 18.3. The molecular formula is C24H28N2O. The van der Waals surface area contributed by atoms with Crippen molar-refractivity contribution in [1.82, 2.24) is 9.88 Å². The summed E-state index contributed by atoms with van der Waals surface area (Å²) in [7, 11) is 0. The SMILES string of the molecule is CCC1(COc2ccccc2)CCCN2CCc3c([nH]c4ccccc34)C21. The number of H-pyrrole nitrogens is 1. The highest BCUT2D eigenvalue weighted by atomic mass is 16.5. The van der Waals surface area contributed by atoms with Crippen molar-refractivity contribution in [3.63, 3.8) is 0 Å². The van der Waals surface area contributed by atoms with E-state index >= 15 is 0 Å². The zero-order valence-electron chi connectivity index (χ0n) is 16.1. The highest BCUT2D eigenvalue weighted by molar-refractivity contribution is 5.85. The van der Waals surface area contributed by atoms with Gasteiger partial charge in [0.25, 0.3) is 0 Å². The number of benzene rings is 2. The maximum Gasteiger partial charge on any atom is 0.119 e. The van der Waals surface area contributed by atoms with E-state index in [1.807, 2.05) is 6.07 Å². The summed E-state index contributed by atoms with van der Waals surface area (Å²) < 4.78 is 6.34. The largest absolute Gasteiger partial charge is 0.493 e. The van der Waals surface area contributed by atoms with Crippen LogP contribution >= 0.6 is 0 Å². The summed E-state index contributed by atoms with van der Waals surface area (Å²) in [6.45, 7) is 5.48. The third-order valence-corrected chi connectivity index (χ3v) is 6.81. The molecule has 1 aromatic heterocycles. The average Bonchev–Trinajstić information content (AvgIpc) is 3.11. The van der Waals surface area contributed by atoms with Crippen molar-refractivity contribution >= 4 is 10.9 Å². The average molecular weight is 361 g/mol. The minimum atomic E-state index is 0.157. The summed E-state index contributed by atoms with van der Waals surface area (Å²) in [6, 6.07) is 19.5. The lowest BCUT2D eigenvalue weighted by atomic mass is 9.68. The second kappa shape index (κ2) is 6.72. The number of rotatable bonds is 4. The van der Waals surface area contributed by atoms with Crippen molar-refractivity contribution in [1.29, 1.82) is 0 Å². The number of nitrogens with zero attached hydrogens (tertiary/aromatic N) is 1. The lowest BCUT2D eigenvalue weighted by Gasteiger charge is -2.51. The number of hydrogen-bond acceptors (Lipinski definition) is 2. The number of para-hydroxylation sites is 2. The molecule has 3 nitrogen and oxygen atoms in total. The van der Waals surface area contributed by atoms with Crippen LogP contribution in [0.2, 0.25) is 0 Å². The minimum Gasteiger partial charge on any atom is -0.493 e. The molecule has 27 heavy (non-hydrogen) atoms. The Morgan fingerprint density at radius 2 is 1.89 bits per heavy atom. The van der Waals surface area contributed by atoms with Crippen LogP contribution in [0.15, 0.2) is 54.6 Å². The predicted octanol–water partition coefficient (Wildman–Crippen LogP) is 5.34. The number of hydrogen-bond donors (Lipinski definition) is 1. The Bertz CT molecular complexity index is 932. The molecule has 140 valence electrons. The Labute approximate surface area is 161 Å². The van der Waals surface area contributed by atoms with Crippen molar-refractivity contribution in [2.24, 2.45) is 5.41 Å². The van der Waals surface area contributed by atoms with Crippen LogP contribution in [0.1, 0.15) is 43.5 Å². The number of fused-ring (bicyclic) bond motifs is 5. The minimum absolute atomic E-state index is 0.157. The number of ether oxygens (including phenoxy) is 1. The van der Waals surface area contributed by atoms with E-state index in [1.54, 1.807) is 0 Å². The summed E-state index contributed by atoms with van der Waals surface area (Å²) in [5.41, 5.74) is 4.42. The molecule has 2 aromatic carbocycles. The Balaban J connectivity index is 1.55. The molecule has 3 heterocycles. The van der Waals surface area contributed by atoms with Gasteiger partial charge in [0.15, 0.2) is 0 Å². The molecule has 1 N–H and O–H groups in total. The van der Waals surface area contributed by atoms with Crippen LogP contribution in [0.3, 0.4) is 0 Å². The van der Waals surface area contributed by atoms with Gasteiger partial charge in [0.2, 0.25) is 0 Å². The molecule has 3 aromatic rings. The molecule has 0 amide bonds. The molecule has 0 spiro atoms. The Kier molecular flexibility index (Phi) is 4.20. The highest BCUT2D eigenvalue weighted by Gasteiger charge is 2.48. The van der Waals surface area contributed by atoms with Crippen molar-refractivity contribution < 1.29 is 4.74 Å². The smallest absolute Gasteiger partial charge is 0.119 e. The fraction of sp³-hybridized carbons (Fsp3) is 0.417. The molecule has 2 aliphatic heterocycles.